The zero-order valence-electron chi connectivity index (χ0n) is 9.07. The minimum absolute atomic E-state index is 0.486. The van der Waals surface area contributed by atoms with E-state index < -0.39 is 0 Å². The monoisotopic (exact) mass is 210 g/mol. The predicted octanol–water partition coefficient (Wildman–Crippen LogP) is 0.210. The summed E-state index contributed by atoms with van der Waals surface area (Å²) in [6.45, 7) is 3.58. The summed E-state index contributed by atoms with van der Waals surface area (Å²) in [5.41, 5.74) is 0. The van der Waals surface area contributed by atoms with Crippen LogP contribution in [0.15, 0.2) is 12.3 Å². The molecule has 0 bridgehead atoms. The molecule has 1 aliphatic rings. The third-order valence-corrected chi connectivity index (χ3v) is 2.62. The Balaban J connectivity index is 1.68. The van der Waals surface area contributed by atoms with Crippen molar-refractivity contribution in [2.45, 2.75) is 12.5 Å². The largest absolute Gasteiger partial charge is 0.379 e. The molecule has 1 fully saturated rings. The number of anilines is 1. The fourth-order valence-corrected chi connectivity index (χ4v) is 1.73. The predicted molar refractivity (Wildman–Crippen MR) is 58.9 cm³/mol. The second-order valence-corrected chi connectivity index (χ2v) is 3.78. The van der Waals surface area contributed by atoms with Gasteiger partial charge in [0.25, 0.3) is 0 Å². The Morgan fingerprint density at radius 1 is 1.73 bits per heavy atom. The van der Waals surface area contributed by atoms with Gasteiger partial charge in [-0.2, -0.15) is 5.10 Å². The second kappa shape index (κ2) is 5.14. The number of aromatic nitrogens is 2. The number of morpholine rings is 1. The normalized spacial score (nSPS) is 21.5. The number of rotatable bonds is 4. The minimum Gasteiger partial charge on any atom is -0.379 e. The van der Waals surface area contributed by atoms with Gasteiger partial charge in [0.2, 0.25) is 0 Å². The maximum atomic E-state index is 5.39. The van der Waals surface area contributed by atoms with E-state index in [-0.39, 0.29) is 0 Å². The van der Waals surface area contributed by atoms with Gasteiger partial charge in [-0.15, -0.1) is 0 Å². The van der Waals surface area contributed by atoms with Crippen LogP contribution in [0.1, 0.15) is 6.42 Å². The summed E-state index contributed by atoms with van der Waals surface area (Å²) in [5.74, 6) is 1.06. The fourth-order valence-electron chi connectivity index (χ4n) is 1.73. The molecule has 1 unspecified atom stereocenters. The first-order valence-electron chi connectivity index (χ1n) is 5.39. The first kappa shape index (κ1) is 10.4. The first-order valence-corrected chi connectivity index (χ1v) is 5.39. The average molecular weight is 210 g/mol. The van der Waals surface area contributed by atoms with E-state index in [1.165, 1.54) is 0 Å². The van der Waals surface area contributed by atoms with E-state index in [4.69, 9.17) is 4.74 Å². The van der Waals surface area contributed by atoms with Crippen molar-refractivity contribution in [1.82, 2.24) is 15.1 Å². The first-order chi connectivity index (χ1) is 7.36. The molecule has 1 saturated heterocycles. The molecule has 2 rings (SSSR count). The summed E-state index contributed by atoms with van der Waals surface area (Å²) in [4.78, 5) is 0. The summed E-state index contributed by atoms with van der Waals surface area (Å²) >= 11 is 0. The van der Waals surface area contributed by atoms with Crippen molar-refractivity contribution < 1.29 is 4.74 Å². The molecule has 5 heteroatoms. The number of ether oxygens (including phenoxy) is 1. The molecule has 15 heavy (non-hydrogen) atoms. The highest BCUT2D eigenvalue weighted by Gasteiger charge is 2.12. The second-order valence-electron chi connectivity index (χ2n) is 3.78. The Morgan fingerprint density at radius 3 is 3.33 bits per heavy atom. The van der Waals surface area contributed by atoms with Gasteiger partial charge in [-0.1, -0.05) is 0 Å². The quantitative estimate of drug-likeness (QED) is 0.746. The van der Waals surface area contributed by atoms with Crippen LogP contribution in [0.5, 0.6) is 0 Å². The van der Waals surface area contributed by atoms with Crippen LogP contribution >= 0.6 is 0 Å². The van der Waals surface area contributed by atoms with Crippen LogP contribution in [-0.4, -0.2) is 42.1 Å². The summed E-state index contributed by atoms with van der Waals surface area (Å²) in [5, 5.41) is 10.9. The summed E-state index contributed by atoms with van der Waals surface area (Å²) < 4.78 is 7.22. The highest BCUT2D eigenvalue weighted by atomic mass is 16.5. The van der Waals surface area contributed by atoms with Gasteiger partial charge >= 0.3 is 0 Å². The lowest BCUT2D eigenvalue weighted by Crippen LogP contribution is -2.42. The van der Waals surface area contributed by atoms with Crippen LogP contribution in [0.2, 0.25) is 0 Å². The third-order valence-electron chi connectivity index (χ3n) is 2.62. The van der Waals surface area contributed by atoms with E-state index in [1.807, 2.05) is 17.8 Å². The molecule has 0 amide bonds. The Hall–Kier alpha value is -1.07. The zero-order valence-corrected chi connectivity index (χ0v) is 9.07. The van der Waals surface area contributed by atoms with Crippen molar-refractivity contribution >= 4 is 5.82 Å². The molecular formula is C10H18N4O. The highest BCUT2D eigenvalue weighted by molar-refractivity contribution is 5.33. The molecule has 0 radical (unpaired) electrons. The molecule has 1 aromatic heterocycles. The Kier molecular flexibility index (Phi) is 3.58. The van der Waals surface area contributed by atoms with Crippen LogP contribution in [0.25, 0.3) is 0 Å². The Bertz CT molecular complexity index is 293. The van der Waals surface area contributed by atoms with Gasteiger partial charge in [0.05, 0.1) is 19.4 Å². The van der Waals surface area contributed by atoms with E-state index in [0.717, 1.165) is 38.5 Å². The van der Waals surface area contributed by atoms with Gasteiger partial charge in [-0.3, -0.25) is 4.68 Å². The van der Waals surface area contributed by atoms with Gasteiger partial charge in [-0.05, 0) is 6.42 Å². The molecule has 1 atom stereocenters. The van der Waals surface area contributed by atoms with Gasteiger partial charge in [0, 0.05) is 32.2 Å². The van der Waals surface area contributed by atoms with Crippen LogP contribution in [0.3, 0.4) is 0 Å². The highest BCUT2D eigenvalue weighted by Crippen LogP contribution is 2.04. The SMILES string of the molecule is Cn1nccc1NCCC1COCCN1. The van der Waals surface area contributed by atoms with Crippen LogP contribution in [0.4, 0.5) is 5.82 Å². The molecular weight excluding hydrogens is 192 g/mol. The van der Waals surface area contributed by atoms with Crippen molar-refractivity contribution in [1.29, 1.82) is 0 Å². The Labute approximate surface area is 89.8 Å². The lowest BCUT2D eigenvalue weighted by Gasteiger charge is -2.23. The topological polar surface area (TPSA) is 51.1 Å². The van der Waals surface area contributed by atoms with Gasteiger partial charge in [0.1, 0.15) is 5.82 Å². The maximum absolute atomic E-state index is 5.39. The molecule has 2 N–H and O–H groups in total. The van der Waals surface area contributed by atoms with Gasteiger partial charge in [-0.25, -0.2) is 0 Å². The van der Waals surface area contributed by atoms with E-state index in [1.54, 1.807) is 6.20 Å². The fraction of sp³-hybridized carbons (Fsp3) is 0.700. The van der Waals surface area contributed by atoms with E-state index in [2.05, 4.69) is 15.7 Å². The van der Waals surface area contributed by atoms with E-state index in [0.29, 0.717) is 6.04 Å². The molecule has 2 heterocycles. The van der Waals surface area contributed by atoms with Crippen LogP contribution in [0, 0.1) is 0 Å². The third kappa shape index (κ3) is 2.94. The van der Waals surface area contributed by atoms with Crippen molar-refractivity contribution in [3.05, 3.63) is 12.3 Å². The lowest BCUT2D eigenvalue weighted by molar-refractivity contribution is 0.0753. The smallest absolute Gasteiger partial charge is 0.123 e. The van der Waals surface area contributed by atoms with E-state index in [9.17, 15) is 0 Å². The van der Waals surface area contributed by atoms with E-state index >= 15 is 0 Å². The number of hydrogen-bond donors (Lipinski definition) is 2. The van der Waals surface area contributed by atoms with Crippen LogP contribution < -0.4 is 10.6 Å². The minimum atomic E-state index is 0.486. The molecule has 0 saturated carbocycles. The van der Waals surface area contributed by atoms with Crippen molar-refractivity contribution in [2.75, 3.05) is 31.6 Å². The molecule has 0 aliphatic carbocycles. The molecule has 1 aliphatic heterocycles. The molecule has 84 valence electrons. The maximum Gasteiger partial charge on any atom is 0.123 e. The van der Waals surface area contributed by atoms with Gasteiger partial charge in [0.15, 0.2) is 0 Å². The molecule has 0 spiro atoms. The number of aryl methyl sites for hydroxylation is 1. The number of nitrogens with zero attached hydrogens (tertiary/aromatic N) is 2. The van der Waals surface area contributed by atoms with Crippen molar-refractivity contribution in [3.8, 4) is 0 Å². The zero-order chi connectivity index (χ0) is 10.5. The summed E-state index contributed by atoms with van der Waals surface area (Å²) in [6.07, 6.45) is 2.87. The average Bonchev–Trinajstić information content (AvgIpc) is 2.66. The summed E-state index contributed by atoms with van der Waals surface area (Å²) in [6, 6.07) is 2.46. The molecule has 1 aromatic rings. The number of nitrogens with one attached hydrogen (secondary N) is 2. The summed E-state index contributed by atoms with van der Waals surface area (Å²) in [7, 11) is 1.93. The van der Waals surface area contributed by atoms with Gasteiger partial charge < -0.3 is 15.4 Å². The molecule has 0 aromatic carbocycles. The van der Waals surface area contributed by atoms with Crippen molar-refractivity contribution in [3.63, 3.8) is 0 Å². The molecule has 5 nitrogen and oxygen atoms in total. The van der Waals surface area contributed by atoms with Crippen molar-refractivity contribution in [2.24, 2.45) is 7.05 Å². The standard InChI is InChI=1S/C10H18N4O/c1-14-10(3-5-13-14)12-4-2-9-8-15-7-6-11-9/h3,5,9,11-12H,2,4,6-8H2,1H3. The number of hydrogen-bond acceptors (Lipinski definition) is 4. The lowest BCUT2D eigenvalue weighted by atomic mass is 10.2. The van der Waals surface area contributed by atoms with Crippen LogP contribution in [-0.2, 0) is 11.8 Å². The Morgan fingerprint density at radius 2 is 2.67 bits per heavy atom.